The van der Waals surface area contributed by atoms with E-state index in [-0.39, 0.29) is 18.9 Å². The highest BCUT2D eigenvalue weighted by atomic mass is 32.2. The second kappa shape index (κ2) is 13.2. The first-order valence-electron chi connectivity index (χ1n) is 8.41. The Morgan fingerprint density at radius 2 is 1.78 bits per heavy atom. The molecular formula is C15H30N6O5S. The van der Waals surface area contributed by atoms with Crippen LogP contribution in [0.15, 0.2) is 4.99 Å². The lowest BCUT2D eigenvalue weighted by molar-refractivity contribution is -0.143. The van der Waals surface area contributed by atoms with Crippen LogP contribution < -0.4 is 27.8 Å². The Kier molecular flexibility index (Phi) is 12.2. The summed E-state index contributed by atoms with van der Waals surface area (Å²) in [5, 5.41) is 23.7. The zero-order valence-corrected chi connectivity index (χ0v) is 16.4. The zero-order valence-electron chi connectivity index (χ0n) is 15.6. The molecule has 0 spiro atoms. The summed E-state index contributed by atoms with van der Waals surface area (Å²) in [6, 6.07) is -3.37. The molecule has 0 heterocycles. The molecule has 0 saturated carbocycles. The van der Waals surface area contributed by atoms with Gasteiger partial charge in [-0.1, -0.05) is 0 Å². The van der Waals surface area contributed by atoms with E-state index in [4.69, 9.17) is 17.2 Å². The van der Waals surface area contributed by atoms with Crippen LogP contribution in [0.1, 0.15) is 26.2 Å². The molecular weight excluding hydrogens is 376 g/mol. The number of aliphatic hydroxyl groups excluding tert-OH is 1. The molecule has 0 aromatic rings. The molecule has 0 fully saturated rings. The fraction of sp³-hybridized carbons (Fsp3) is 0.733. The number of nitrogens with zero attached hydrogens (tertiary/aromatic N) is 1. The minimum absolute atomic E-state index is 0.0750. The predicted molar refractivity (Wildman–Crippen MR) is 104 cm³/mol. The summed E-state index contributed by atoms with van der Waals surface area (Å²) < 4.78 is 0. The molecule has 0 radical (unpaired) electrons. The number of carbonyl (C=O) groups is 3. The highest BCUT2D eigenvalue weighted by Gasteiger charge is 2.30. The molecule has 0 aliphatic heterocycles. The van der Waals surface area contributed by atoms with Crippen LogP contribution in [0.25, 0.3) is 0 Å². The maximum absolute atomic E-state index is 12.4. The van der Waals surface area contributed by atoms with Gasteiger partial charge in [-0.15, -0.1) is 0 Å². The lowest BCUT2D eigenvalue weighted by Crippen LogP contribution is -2.58. The fourth-order valence-electron chi connectivity index (χ4n) is 2.06. The number of rotatable bonds is 13. The Balaban J connectivity index is 4.84. The van der Waals surface area contributed by atoms with Crippen molar-refractivity contribution in [3.63, 3.8) is 0 Å². The second-order valence-corrected chi connectivity index (χ2v) is 6.95. The number of hydrogen-bond acceptors (Lipinski definition) is 7. The van der Waals surface area contributed by atoms with E-state index in [2.05, 4.69) is 15.6 Å². The van der Waals surface area contributed by atoms with Crippen molar-refractivity contribution in [2.75, 3.05) is 18.6 Å². The van der Waals surface area contributed by atoms with E-state index in [1.54, 1.807) is 0 Å². The van der Waals surface area contributed by atoms with E-state index in [1.165, 1.54) is 18.7 Å². The maximum Gasteiger partial charge on any atom is 0.326 e. The molecule has 11 nitrogen and oxygen atoms in total. The van der Waals surface area contributed by atoms with Gasteiger partial charge in [-0.3, -0.25) is 14.6 Å². The van der Waals surface area contributed by atoms with Crippen molar-refractivity contribution in [1.82, 2.24) is 10.6 Å². The molecule has 156 valence electrons. The molecule has 27 heavy (non-hydrogen) atoms. The largest absolute Gasteiger partial charge is 0.480 e. The Labute approximate surface area is 162 Å². The van der Waals surface area contributed by atoms with E-state index in [9.17, 15) is 24.6 Å². The fourth-order valence-corrected chi connectivity index (χ4v) is 2.55. The molecule has 12 heteroatoms. The number of thioether (sulfide) groups is 1. The number of nitrogens with two attached hydrogens (primary N) is 3. The van der Waals surface area contributed by atoms with E-state index in [1.807, 2.05) is 6.26 Å². The van der Waals surface area contributed by atoms with Crippen LogP contribution in [0.5, 0.6) is 0 Å². The van der Waals surface area contributed by atoms with Gasteiger partial charge in [0.1, 0.15) is 12.1 Å². The van der Waals surface area contributed by atoms with Gasteiger partial charge in [0.2, 0.25) is 11.8 Å². The first-order valence-corrected chi connectivity index (χ1v) is 9.81. The van der Waals surface area contributed by atoms with E-state index in [0.29, 0.717) is 18.6 Å². The molecule has 0 bridgehead atoms. The van der Waals surface area contributed by atoms with Crippen molar-refractivity contribution in [2.24, 2.45) is 22.2 Å². The number of nitrogens with one attached hydrogen (secondary N) is 2. The quantitative estimate of drug-likeness (QED) is 0.0983. The van der Waals surface area contributed by atoms with Crippen molar-refractivity contribution in [3.05, 3.63) is 0 Å². The van der Waals surface area contributed by atoms with Gasteiger partial charge in [0.05, 0.1) is 12.1 Å². The normalized spacial score (nSPS) is 15.1. The standard InChI is InChI=1S/C15H30N6O5S/c1-8(22)11(21-12(23)9(16)5-7-27-2)13(24)20-10(14(25)26)4-3-6-19-15(17)18/h8-11,22H,3-7,16H2,1-2H3,(H,20,24)(H,21,23)(H,25,26)(H4,17,18,19)/t8-,9+,10+,11+/m1/s1. The number of hydrogen-bond donors (Lipinski definition) is 7. The lowest BCUT2D eigenvalue weighted by Gasteiger charge is -2.24. The molecule has 0 saturated heterocycles. The average Bonchev–Trinajstić information content (AvgIpc) is 2.58. The molecule has 4 atom stereocenters. The summed E-state index contributed by atoms with van der Waals surface area (Å²) in [4.78, 5) is 39.5. The third-order valence-electron chi connectivity index (χ3n) is 3.59. The molecule has 0 rings (SSSR count). The summed E-state index contributed by atoms with van der Waals surface area (Å²) in [5.74, 6) is -2.10. The van der Waals surface area contributed by atoms with Gasteiger partial charge in [-0.25, -0.2) is 4.79 Å². The zero-order chi connectivity index (χ0) is 21.0. The van der Waals surface area contributed by atoms with Crippen LogP contribution in [0.4, 0.5) is 0 Å². The number of guanidine groups is 1. The third kappa shape index (κ3) is 10.6. The number of aliphatic hydroxyl groups is 1. The Hall–Kier alpha value is -2.05. The average molecular weight is 407 g/mol. The van der Waals surface area contributed by atoms with Gasteiger partial charge in [0, 0.05) is 6.54 Å². The van der Waals surface area contributed by atoms with Crippen molar-refractivity contribution in [2.45, 2.75) is 50.4 Å². The maximum atomic E-state index is 12.4. The smallest absolute Gasteiger partial charge is 0.326 e. The van der Waals surface area contributed by atoms with E-state index >= 15 is 0 Å². The first kappa shape index (κ1) is 24.9. The summed E-state index contributed by atoms with van der Waals surface area (Å²) in [5.41, 5.74) is 16.1. The number of carboxylic acid groups (broad SMARTS) is 1. The minimum atomic E-state index is -1.32. The predicted octanol–water partition coefficient (Wildman–Crippen LogP) is -2.44. The molecule has 10 N–H and O–H groups in total. The van der Waals surface area contributed by atoms with Gasteiger partial charge in [-0.2, -0.15) is 11.8 Å². The lowest BCUT2D eigenvalue weighted by atomic mass is 10.1. The van der Waals surface area contributed by atoms with Crippen LogP contribution in [0, 0.1) is 0 Å². The monoisotopic (exact) mass is 406 g/mol. The summed E-state index contributed by atoms with van der Waals surface area (Å²) in [7, 11) is 0. The SMILES string of the molecule is CSCC[C@H](N)C(=O)N[C@H](C(=O)N[C@@H](CCCN=C(N)N)C(=O)O)[C@@H](C)O. The van der Waals surface area contributed by atoms with Gasteiger partial charge >= 0.3 is 5.97 Å². The van der Waals surface area contributed by atoms with Crippen LogP contribution >= 0.6 is 11.8 Å². The number of amides is 2. The van der Waals surface area contributed by atoms with Gasteiger partial charge < -0.3 is 38.0 Å². The molecule has 0 aromatic heterocycles. The molecule has 2 amide bonds. The van der Waals surface area contributed by atoms with E-state index in [0.717, 1.165) is 0 Å². The van der Waals surface area contributed by atoms with Crippen LogP contribution in [-0.4, -0.2) is 76.7 Å². The van der Waals surface area contributed by atoms with Crippen LogP contribution in [0.3, 0.4) is 0 Å². The highest BCUT2D eigenvalue weighted by molar-refractivity contribution is 7.98. The van der Waals surface area contributed by atoms with Gasteiger partial charge in [0.15, 0.2) is 5.96 Å². The summed E-state index contributed by atoms with van der Waals surface area (Å²) in [6.45, 7) is 1.52. The van der Waals surface area contributed by atoms with Crippen molar-refractivity contribution < 1.29 is 24.6 Å². The van der Waals surface area contributed by atoms with Crippen molar-refractivity contribution in [3.8, 4) is 0 Å². The van der Waals surface area contributed by atoms with Gasteiger partial charge in [-0.05, 0) is 38.2 Å². The topological polar surface area (TPSA) is 206 Å². The van der Waals surface area contributed by atoms with Crippen molar-refractivity contribution in [1.29, 1.82) is 0 Å². The van der Waals surface area contributed by atoms with E-state index < -0.39 is 42.0 Å². The molecule has 0 aliphatic rings. The summed E-state index contributed by atoms with van der Waals surface area (Å²) in [6.07, 6.45) is 1.43. The first-order chi connectivity index (χ1) is 12.6. The number of carboxylic acids is 1. The number of carbonyl (C=O) groups excluding carboxylic acids is 2. The Morgan fingerprint density at radius 3 is 2.26 bits per heavy atom. The van der Waals surface area contributed by atoms with Crippen LogP contribution in [-0.2, 0) is 14.4 Å². The second-order valence-electron chi connectivity index (χ2n) is 5.96. The molecule has 0 aromatic carbocycles. The van der Waals surface area contributed by atoms with Crippen molar-refractivity contribution >= 4 is 35.5 Å². The highest BCUT2D eigenvalue weighted by Crippen LogP contribution is 2.03. The summed E-state index contributed by atoms with van der Waals surface area (Å²) >= 11 is 1.52. The Bertz CT molecular complexity index is 527. The molecule has 0 aliphatic carbocycles. The third-order valence-corrected chi connectivity index (χ3v) is 4.24. The minimum Gasteiger partial charge on any atom is -0.480 e. The Morgan fingerprint density at radius 1 is 1.15 bits per heavy atom. The number of aliphatic carboxylic acids is 1. The van der Waals surface area contributed by atoms with Gasteiger partial charge in [0.25, 0.3) is 0 Å². The number of aliphatic imine (C=N–C) groups is 1. The molecule has 0 unspecified atom stereocenters. The van der Waals surface area contributed by atoms with Crippen LogP contribution in [0.2, 0.25) is 0 Å².